The smallest absolute Gasteiger partial charge is 0.307 e. The molecule has 0 amide bonds. The molecule has 0 aliphatic heterocycles. The van der Waals surface area contributed by atoms with E-state index in [9.17, 15) is 4.79 Å². The molecule has 0 spiro atoms. The number of pyridine rings is 1. The van der Waals surface area contributed by atoms with Crippen LogP contribution < -0.4 is 0 Å². The van der Waals surface area contributed by atoms with E-state index in [1.807, 2.05) is 55.5 Å². The zero-order valence-corrected chi connectivity index (χ0v) is 17.4. The summed E-state index contributed by atoms with van der Waals surface area (Å²) >= 11 is 6.18. The Kier molecular flexibility index (Phi) is 6.50. The zero-order valence-electron chi connectivity index (χ0n) is 16.7. The number of allylic oxidation sites excluding steroid dienone is 1. The largest absolute Gasteiger partial charge is 0.481 e. The van der Waals surface area contributed by atoms with Crippen LogP contribution in [0.3, 0.4) is 0 Å². The molecule has 0 aliphatic carbocycles. The Morgan fingerprint density at radius 3 is 2.45 bits per heavy atom. The highest BCUT2D eigenvalue weighted by Gasteiger charge is 2.19. The molecule has 0 aliphatic rings. The van der Waals surface area contributed by atoms with Crippen LogP contribution in [0.25, 0.3) is 5.57 Å². The van der Waals surface area contributed by atoms with Crippen molar-refractivity contribution >= 4 is 23.1 Å². The van der Waals surface area contributed by atoms with E-state index in [4.69, 9.17) is 16.7 Å². The van der Waals surface area contributed by atoms with E-state index in [0.29, 0.717) is 5.02 Å². The molecule has 1 aromatic heterocycles. The molecule has 0 fully saturated rings. The highest BCUT2D eigenvalue weighted by atomic mass is 35.5. The van der Waals surface area contributed by atoms with Crippen molar-refractivity contribution in [3.63, 3.8) is 0 Å². The predicted octanol–water partition coefficient (Wildman–Crippen LogP) is 6.21. The topological polar surface area (TPSA) is 50.2 Å². The van der Waals surface area contributed by atoms with Crippen molar-refractivity contribution in [2.24, 2.45) is 0 Å². The molecule has 3 nitrogen and oxygen atoms in total. The third kappa shape index (κ3) is 5.33. The summed E-state index contributed by atoms with van der Waals surface area (Å²) in [7, 11) is 0. The molecule has 3 rings (SSSR count). The normalized spacial score (nSPS) is 11.8. The standard InChI is InChI=1S/C25H24ClNO2/c1-16(21-10-11-27-18(3)14-21)13-24(23-9-8-22(26)12-17(23)2)20-6-4-19(5-7-20)15-25(28)29/h4-12,14,24H,1,13,15H2,2-3H3,(H,28,29)/t24-/m1/s1. The maximum atomic E-state index is 11.0. The molecule has 1 heterocycles. The maximum absolute atomic E-state index is 11.0. The van der Waals surface area contributed by atoms with Crippen molar-refractivity contribution in [3.05, 3.63) is 106 Å². The molecule has 3 aromatic rings. The molecule has 0 unspecified atom stereocenters. The minimum absolute atomic E-state index is 0.0217. The first kappa shape index (κ1) is 20.8. The first-order valence-electron chi connectivity index (χ1n) is 9.51. The highest BCUT2D eigenvalue weighted by Crippen LogP contribution is 2.36. The van der Waals surface area contributed by atoms with Crippen LogP contribution in [0.15, 0.2) is 67.4 Å². The summed E-state index contributed by atoms with van der Waals surface area (Å²) in [6.07, 6.45) is 2.57. The minimum atomic E-state index is -0.829. The monoisotopic (exact) mass is 405 g/mol. The fourth-order valence-corrected chi connectivity index (χ4v) is 3.84. The van der Waals surface area contributed by atoms with Gasteiger partial charge in [0.05, 0.1) is 6.42 Å². The van der Waals surface area contributed by atoms with Crippen LogP contribution in [-0.4, -0.2) is 16.1 Å². The van der Waals surface area contributed by atoms with E-state index in [0.717, 1.165) is 39.9 Å². The van der Waals surface area contributed by atoms with Crippen LogP contribution in [0.5, 0.6) is 0 Å². The SMILES string of the molecule is C=C(C[C@H](c1ccc(CC(=O)O)cc1)c1ccc(Cl)cc1C)c1ccnc(C)c1. The Labute approximate surface area is 176 Å². The summed E-state index contributed by atoms with van der Waals surface area (Å²) in [4.78, 5) is 15.3. The summed E-state index contributed by atoms with van der Waals surface area (Å²) in [5.74, 6) is -0.739. The van der Waals surface area contributed by atoms with Gasteiger partial charge < -0.3 is 5.11 Å². The van der Waals surface area contributed by atoms with Gasteiger partial charge in [-0.1, -0.05) is 48.5 Å². The number of aryl methyl sites for hydroxylation is 2. The van der Waals surface area contributed by atoms with Gasteiger partial charge >= 0.3 is 5.97 Å². The van der Waals surface area contributed by atoms with Crippen LogP contribution in [0, 0.1) is 13.8 Å². The number of rotatable bonds is 7. The minimum Gasteiger partial charge on any atom is -0.481 e. The average Bonchev–Trinajstić information content (AvgIpc) is 2.67. The number of halogens is 1. The molecule has 148 valence electrons. The number of benzene rings is 2. The number of aromatic nitrogens is 1. The number of carboxylic acid groups (broad SMARTS) is 1. The first-order chi connectivity index (χ1) is 13.8. The third-order valence-electron chi connectivity index (χ3n) is 5.10. The second-order valence-corrected chi connectivity index (χ2v) is 7.80. The molecule has 1 atom stereocenters. The van der Waals surface area contributed by atoms with Crippen LogP contribution in [-0.2, 0) is 11.2 Å². The lowest BCUT2D eigenvalue weighted by atomic mass is 9.82. The average molecular weight is 406 g/mol. The molecular weight excluding hydrogens is 382 g/mol. The van der Waals surface area contributed by atoms with Crippen molar-refractivity contribution in [1.29, 1.82) is 0 Å². The Hall–Kier alpha value is -2.91. The van der Waals surface area contributed by atoms with Crippen LogP contribution in [0.1, 0.15) is 45.8 Å². The van der Waals surface area contributed by atoms with Crippen molar-refractivity contribution in [2.75, 3.05) is 0 Å². The van der Waals surface area contributed by atoms with E-state index < -0.39 is 5.97 Å². The molecule has 1 N–H and O–H groups in total. The van der Waals surface area contributed by atoms with Crippen molar-refractivity contribution in [3.8, 4) is 0 Å². The van der Waals surface area contributed by atoms with Gasteiger partial charge in [0.25, 0.3) is 0 Å². The Bertz CT molecular complexity index is 1040. The number of hydrogen-bond acceptors (Lipinski definition) is 2. The Balaban J connectivity index is 1.97. The molecule has 0 bridgehead atoms. The van der Waals surface area contributed by atoms with Crippen molar-refractivity contribution in [2.45, 2.75) is 32.6 Å². The van der Waals surface area contributed by atoms with Crippen molar-refractivity contribution < 1.29 is 9.90 Å². The van der Waals surface area contributed by atoms with Gasteiger partial charge in [-0.2, -0.15) is 0 Å². The van der Waals surface area contributed by atoms with Crippen molar-refractivity contribution in [1.82, 2.24) is 4.98 Å². The van der Waals surface area contributed by atoms with Gasteiger partial charge in [0, 0.05) is 22.8 Å². The zero-order chi connectivity index (χ0) is 21.0. The molecule has 0 saturated carbocycles. The summed E-state index contributed by atoms with van der Waals surface area (Å²) in [6, 6.07) is 17.8. The quantitative estimate of drug-likeness (QED) is 0.508. The van der Waals surface area contributed by atoms with Gasteiger partial charge in [0.1, 0.15) is 0 Å². The summed E-state index contributed by atoms with van der Waals surface area (Å²) in [5.41, 5.74) is 7.29. The lowest BCUT2D eigenvalue weighted by molar-refractivity contribution is -0.136. The molecule has 0 saturated heterocycles. The summed E-state index contributed by atoms with van der Waals surface area (Å²) < 4.78 is 0. The fraction of sp³-hybridized carbons (Fsp3) is 0.200. The van der Waals surface area contributed by atoms with E-state index in [1.165, 1.54) is 5.56 Å². The summed E-state index contributed by atoms with van der Waals surface area (Å²) in [5, 5.41) is 9.74. The van der Waals surface area contributed by atoms with Gasteiger partial charge in [-0.05, 0) is 77.9 Å². The lowest BCUT2D eigenvalue weighted by Gasteiger charge is -2.22. The van der Waals surface area contributed by atoms with Crippen LogP contribution >= 0.6 is 11.6 Å². The van der Waals surface area contributed by atoms with Gasteiger partial charge in [-0.3, -0.25) is 9.78 Å². The number of carboxylic acids is 1. The first-order valence-corrected chi connectivity index (χ1v) is 9.89. The maximum Gasteiger partial charge on any atom is 0.307 e. The lowest BCUT2D eigenvalue weighted by Crippen LogP contribution is -2.06. The van der Waals surface area contributed by atoms with E-state index >= 15 is 0 Å². The molecule has 0 radical (unpaired) electrons. The molecule has 29 heavy (non-hydrogen) atoms. The van der Waals surface area contributed by atoms with Gasteiger partial charge in [-0.15, -0.1) is 0 Å². The van der Waals surface area contributed by atoms with Crippen LogP contribution in [0.2, 0.25) is 5.02 Å². The number of carbonyl (C=O) groups is 1. The van der Waals surface area contributed by atoms with E-state index in [1.54, 1.807) is 6.20 Å². The van der Waals surface area contributed by atoms with Crippen LogP contribution in [0.4, 0.5) is 0 Å². The summed E-state index contributed by atoms with van der Waals surface area (Å²) in [6.45, 7) is 8.36. The van der Waals surface area contributed by atoms with Gasteiger partial charge in [-0.25, -0.2) is 0 Å². The van der Waals surface area contributed by atoms with Gasteiger partial charge in [0.2, 0.25) is 0 Å². The fourth-order valence-electron chi connectivity index (χ4n) is 3.61. The number of nitrogens with zero attached hydrogens (tertiary/aromatic N) is 1. The number of hydrogen-bond donors (Lipinski definition) is 1. The van der Waals surface area contributed by atoms with Gasteiger partial charge in [0.15, 0.2) is 0 Å². The second kappa shape index (κ2) is 9.06. The Morgan fingerprint density at radius 2 is 1.83 bits per heavy atom. The second-order valence-electron chi connectivity index (χ2n) is 7.36. The molecule has 4 heteroatoms. The molecular formula is C25H24ClNO2. The predicted molar refractivity (Wildman–Crippen MR) is 118 cm³/mol. The highest BCUT2D eigenvalue weighted by molar-refractivity contribution is 6.30. The van der Waals surface area contributed by atoms with E-state index in [-0.39, 0.29) is 12.3 Å². The number of aliphatic carboxylic acids is 1. The third-order valence-corrected chi connectivity index (χ3v) is 5.34. The molecule has 2 aromatic carbocycles. The van der Waals surface area contributed by atoms with E-state index in [2.05, 4.69) is 24.6 Å². The Morgan fingerprint density at radius 1 is 1.10 bits per heavy atom.